The third-order valence-corrected chi connectivity index (χ3v) is 6.87. The Bertz CT molecular complexity index is 951. The van der Waals surface area contributed by atoms with Gasteiger partial charge >= 0.3 is 0 Å². The number of morpholine rings is 1. The summed E-state index contributed by atoms with van der Waals surface area (Å²) < 4.78 is 12.0. The van der Waals surface area contributed by atoms with Crippen LogP contribution in [0.5, 0.6) is 5.75 Å². The topological polar surface area (TPSA) is 71.0 Å². The van der Waals surface area contributed by atoms with Gasteiger partial charge in [-0.05, 0) is 37.8 Å². The molecule has 3 heterocycles. The Morgan fingerprint density at radius 3 is 2.78 bits per heavy atom. The van der Waals surface area contributed by atoms with E-state index in [1.165, 1.54) is 18.4 Å². The number of guanidine groups is 1. The van der Waals surface area contributed by atoms with E-state index in [-0.39, 0.29) is 11.6 Å². The number of benzene rings is 1. The molecule has 1 saturated carbocycles. The fourth-order valence-electron chi connectivity index (χ4n) is 5.24. The van der Waals surface area contributed by atoms with Crippen molar-refractivity contribution in [3.63, 3.8) is 0 Å². The first-order chi connectivity index (χ1) is 15.8. The predicted molar refractivity (Wildman–Crippen MR) is 126 cm³/mol. The second-order valence-corrected chi connectivity index (χ2v) is 8.94. The number of nitrogens with one attached hydrogen (secondary N) is 2. The zero-order chi connectivity index (χ0) is 21.8. The Kier molecular flexibility index (Phi) is 6.17. The Labute approximate surface area is 190 Å². The standard InChI is InChI=1S/C25H33N5O2/c1-26-24(28-18-19-7-6-12-27-23(19)30-13-15-31-16-14-30)29-21-17-25(10-4-5-11-25)32-22-9-3-2-8-20(21)22/h2-3,6-9,12,21H,4-5,10-11,13-18H2,1H3,(H2,26,28,29). The lowest BCUT2D eigenvalue weighted by Crippen LogP contribution is -2.46. The van der Waals surface area contributed by atoms with Crippen LogP contribution in [-0.2, 0) is 11.3 Å². The molecule has 3 aliphatic rings. The molecule has 0 radical (unpaired) electrons. The molecule has 1 unspecified atom stereocenters. The van der Waals surface area contributed by atoms with Gasteiger partial charge in [0.2, 0.25) is 0 Å². The Morgan fingerprint density at radius 1 is 1.16 bits per heavy atom. The van der Waals surface area contributed by atoms with Crippen LogP contribution in [0, 0.1) is 0 Å². The van der Waals surface area contributed by atoms with Crippen molar-refractivity contribution in [2.75, 3.05) is 38.3 Å². The summed E-state index contributed by atoms with van der Waals surface area (Å²) in [6.07, 6.45) is 7.58. The average molecular weight is 436 g/mol. The van der Waals surface area contributed by atoms with Crippen LogP contribution >= 0.6 is 0 Å². The maximum atomic E-state index is 6.51. The molecule has 7 nitrogen and oxygen atoms in total. The lowest BCUT2D eigenvalue weighted by Gasteiger charge is -2.40. The smallest absolute Gasteiger partial charge is 0.191 e. The number of ether oxygens (including phenoxy) is 2. The SMILES string of the molecule is CN=C(NCc1cccnc1N1CCOCC1)NC1CC2(CCCC2)Oc2ccccc21. The van der Waals surface area contributed by atoms with E-state index in [0.29, 0.717) is 6.54 Å². The molecule has 2 aromatic rings. The van der Waals surface area contributed by atoms with Crippen molar-refractivity contribution >= 4 is 11.8 Å². The number of nitrogens with zero attached hydrogens (tertiary/aromatic N) is 3. The Morgan fingerprint density at radius 2 is 1.97 bits per heavy atom. The summed E-state index contributed by atoms with van der Waals surface area (Å²) in [4.78, 5) is 11.5. The summed E-state index contributed by atoms with van der Waals surface area (Å²) in [6, 6.07) is 12.7. The van der Waals surface area contributed by atoms with Gasteiger partial charge in [-0.25, -0.2) is 4.98 Å². The molecule has 2 fully saturated rings. The van der Waals surface area contributed by atoms with Gasteiger partial charge in [-0.2, -0.15) is 0 Å². The van der Waals surface area contributed by atoms with E-state index in [0.717, 1.165) is 68.7 Å². The van der Waals surface area contributed by atoms with Crippen LogP contribution in [0.15, 0.2) is 47.6 Å². The monoisotopic (exact) mass is 435 g/mol. The largest absolute Gasteiger partial charge is 0.487 e. The molecule has 170 valence electrons. The zero-order valence-electron chi connectivity index (χ0n) is 18.8. The van der Waals surface area contributed by atoms with Gasteiger partial charge in [0.1, 0.15) is 17.2 Å². The van der Waals surface area contributed by atoms with E-state index < -0.39 is 0 Å². The third-order valence-electron chi connectivity index (χ3n) is 6.87. The van der Waals surface area contributed by atoms with Gasteiger partial charge in [0, 0.05) is 50.4 Å². The molecule has 1 aromatic carbocycles. The fourth-order valence-corrected chi connectivity index (χ4v) is 5.24. The number of aromatic nitrogens is 1. The normalized spacial score (nSPS) is 22.3. The number of para-hydroxylation sites is 1. The van der Waals surface area contributed by atoms with E-state index in [9.17, 15) is 0 Å². The highest BCUT2D eigenvalue weighted by atomic mass is 16.5. The van der Waals surface area contributed by atoms with Gasteiger partial charge in [0.15, 0.2) is 5.96 Å². The first-order valence-corrected chi connectivity index (χ1v) is 11.8. The Hall–Kier alpha value is -2.80. The van der Waals surface area contributed by atoms with Gasteiger partial charge in [-0.3, -0.25) is 4.99 Å². The summed E-state index contributed by atoms with van der Waals surface area (Å²) in [5.41, 5.74) is 2.33. The number of fused-ring (bicyclic) bond motifs is 1. The summed E-state index contributed by atoms with van der Waals surface area (Å²) in [5, 5.41) is 7.21. The first kappa shape index (κ1) is 21.1. The van der Waals surface area contributed by atoms with E-state index >= 15 is 0 Å². The van der Waals surface area contributed by atoms with Crippen molar-refractivity contribution in [3.8, 4) is 5.75 Å². The lowest BCUT2D eigenvalue weighted by molar-refractivity contribution is 0.0396. The highest BCUT2D eigenvalue weighted by molar-refractivity contribution is 5.80. The maximum absolute atomic E-state index is 6.51. The minimum Gasteiger partial charge on any atom is -0.487 e. The lowest BCUT2D eigenvalue weighted by atomic mass is 9.86. The molecular formula is C25H33N5O2. The van der Waals surface area contributed by atoms with Crippen molar-refractivity contribution in [1.29, 1.82) is 0 Å². The maximum Gasteiger partial charge on any atom is 0.191 e. The van der Waals surface area contributed by atoms with E-state index in [2.05, 4.69) is 55.8 Å². The fraction of sp³-hybridized carbons (Fsp3) is 0.520. The van der Waals surface area contributed by atoms with E-state index in [1.807, 2.05) is 19.3 Å². The van der Waals surface area contributed by atoms with Gasteiger partial charge in [-0.15, -0.1) is 0 Å². The summed E-state index contributed by atoms with van der Waals surface area (Å²) in [5.74, 6) is 2.84. The van der Waals surface area contributed by atoms with Crippen LogP contribution in [0.3, 0.4) is 0 Å². The summed E-state index contributed by atoms with van der Waals surface area (Å²) in [6.45, 7) is 3.90. The number of aliphatic imine (C=N–C) groups is 1. The molecule has 2 N–H and O–H groups in total. The predicted octanol–water partition coefficient (Wildman–Crippen LogP) is 3.42. The number of hydrogen-bond acceptors (Lipinski definition) is 5. The molecule has 0 amide bonds. The Balaban J connectivity index is 1.30. The molecule has 0 bridgehead atoms. The van der Waals surface area contributed by atoms with Crippen molar-refractivity contribution in [2.24, 2.45) is 4.99 Å². The molecule has 32 heavy (non-hydrogen) atoms. The number of rotatable bonds is 4. The van der Waals surface area contributed by atoms with Crippen LogP contribution in [-0.4, -0.2) is 49.9 Å². The zero-order valence-corrected chi connectivity index (χ0v) is 18.8. The molecule has 1 aromatic heterocycles. The second kappa shape index (κ2) is 9.36. The summed E-state index contributed by atoms with van der Waals surface area (Å²) >= 11 is 0. The van der Waals surface area contributed by atoms with Gasteiger partial charge in [0.25, 0.3) is 0 Å². The van der Waals surface area contributed by atoms with Crippen molar-refractivity contribution in [3.05, 3.63) is 53.7 Å². The van der Waals surface area contributed by atoms with E-state index in [1.54, 1.807) is 0 Å². The van der Waals surface area contributed by atoms with Crippen LogP contribution < -0.4 is 20.3 Å². The highest BCUT2D eigenvalue weighted by Gasteiger charge is 2.43. The third kappa shape index (κ3) is 4.39. The van der Waals surface area contributed by atoms with Crippen LogP contribution in [0.25, 0.3) is 0 Å². The van der Waals surface area contributed by atoms with Crippen molar-refractivity contribution in [2.45, 2.75) is 50.3 Å². The van der Waals surface area contributed by atoms with Crippen molar-refractivity contribution < 1.29 is 9.47 Å². The van der Waals surface area contributed by atoms with Crippen molar-refractivity contribution in [1.82, 2.24) is 15.6 Å². The molecule has 1 spiro atoms. The van der Waals surface area contributed by atoms with Crippen LogP contribution in [0.1, 0.15) is 49.3 Å². The van der Waals surface area contributed by atoms with Gasteiger partial charge < -0.3 is 25.0 Å². The van der Waals surface area contributed by atoms with Crippen LogP contribution in [0.4, 0.5) is 5.82 Å². The molecule has 2 aliphatic heterocycles. The quantitative estimate of drug-likeness (QED) is 0.567. The number of hydrogen-bond donors (Lipinski definition) is 2. The van der Waals surface area contributed by atoms with E-state index in [4.69, 9.17) is 9.47 Å². The minimum absolute atomic E-state index is 0.0439. The second-order valence-electron chi connectivity index (χ2n) is 8.94. The highest BCUT2D eigenvalue weighted by Crippen LogP contribution is 2.46. The van der Waals surface area contributed by atoms with Gasteiger partial charge in [-0.1, -0.05) is 24.3 Å². The molecule has 1 atom stereocenters. The van der Waals surface area contributed by atoms with Crippen LogP contribution in [0.2, 0.25) is 0 Å². The minimum atomic E-state index is -0.0439. The average Bonchev–Trinajstić information content (AvgIpc) is 3.29. The molecular weight excluding hydrogens is 402 g/mol. The first-order valence-electron chi connectivity index (χ1n) is 11.8. The molecule has 1 saturated heterocycles. The number of anilines is 1. The molecule has 1 aliphatic carbocycles. The number of pyridine rings is 1. The summed E-state index contributed by atoms with van der Waals surface area (Å²) in [7, 11) is 1.83. The molecule has 7 heteroatoms. The van der Waals surface area contributed by atoms with Gasteiger partial charge in [0.05, 0.1) is 19.3 Å². The molecule has 5 rings (SSSR count).